The second kappa shape index (κ2) is 3.93. The molecule has 0 fully saturated rings. The van der Waals surface area contributed by atoms with Crippen LogP contribution in [0.5, 0.6) is 0 Å². The predicted molar refractivity (Wildman–Crippen MR) is 48.7 cm³/mol. The van der Waals surface area contributed by atoms with Crippen molar-refractivity contribution in [3.8, 4) is 0 Å². The van der Waals surface area contributed by atoms with E-state index in [9.17, 15) is 4.79 Å². The van der Waals surface area contributed by atoms with Crippen molar-refractivity contribution in [1.82, 2.24) is 4.90 Å². The summed E-state index contributed by atoms with van der Waals surface area (Å²) in [5.74, 6) is 0.0741. The maximum absolute atomic E-state index is 11.6. The molecule has 2 heteroatoms. The molecule has 0 saturated heterocycles. The smallest absolute Gasteiger partial charge is 0.261 e. The van der Waals surface area contributed by atoms with E-state index in [1.165, 1.54) is 0 Å². The van der Waals surface area contributed by atoms with Crippen LogP contribution in [0.4, 0.5) is 0 Å². The average Bonchev–Trinajstić information content (AvgIpc) is 2.58. The van der Waals surface area contributed by atoms with Gasteiger partial charge in [0.05, 0.1) is 5.57 Å². The lowest BCUT2D eigenvalue weighted by molar-refractivity contribution is -0.126. The molecule has 0 aromatic heterocycles. The molecule has 0 aromatic carbocycles. The molecule has 0 heterocycles. The van der Waals surface area contributed by atoms with Crippen LogP contribution in [0.25, 0.3) is 0 Å². The summed E-state index contributed by atoms with van der Waals surface area (Å²) in [5.41, 5.74) is 3.56. The summed E-state index contributed by atoms with van der Waals surface area (Å²) in [6, 6.07) is 0. The minimum Gasteiger partial charge on any atom is -0.339 e. The lowest BCUT2D eigenvalue weighted by Crippen LogP contribution is -2.30. The summed E-state index contributed by atoms with van der Waals surface area (Å²) in [5, 5.41) is 0. The highest BCUT2D eigenvalue weighted by Gasteiger charge is 2.13. The topological polar surface area (TPSA) is 20.3 Å². The van der Waals surface area contributed by atoms with Gasteiger partial charge in [-0.2, -0.15) is 0 Å². The van der Waals surface area contributed by atoms with Crippen molar-refractivity contribution in [1.29, 1.82) is 0 Å². The number of carbonyl (C=O) groups excluding carboxylic acids is 1. The van der Waals surface area contributed by atoms with Gasteiger partial charge in [0.2, 0.25) is 0 Å². The molecule has 0 aromatic rings. The molecule has 1 rings (SSSR count). The van der Waals surface area contributed by atoms with Crippen molar-refractivity contribution >= 4 is 5.91 Å². The number of nitrogens with zero attached hydrogens (tertiary/aromatic N) is 1. The van der Waals surface area contributed by atoms with E-state index in [-0.39, 0.29) is 5.91 Å². The number of amides is 1. The fourth-order valence-corrected chi connectivity index (χ4v) is 1.14. The Hall–Kier alpha value is -1.27. The largest absolute Gasteiger partial charge is 0.339 e. The van der Waals surface area contributed by atoms with Gasteiger partial charge >= 0.3 is 0 Å². The molecule has 0 unspecified atom stereocenters. The van der Waals surface area contributed by atoms with Crippen LogP contribution in [0.15, 0.2) is 29.5 Å². The standard InChI is InChI=1S/C10H13NO/c1-3-11(4-2)10(12)9-7-5-6-8-9/h5-7H,3-4H2,1-2H3. The van der Waals surface area contributed by atoms with Crippen molar-refractivity contribution in [3.05, 3.63) is 29.5 Å². The Kier molecular flexibility index (Phi) is 2.89. The van der Waals surface area contributed by atoms with Gasteiger partial charge < -0.3 is 4.90 Å². The average molecular weight is 163 g/mol. The first kappa shape index (κ1) is 8.82. The highest BCUT2D eigenvalue weighted by atomic mass is 16.2. The number of allylic oxidation sites excluding steroid dienone is 1. The maximum Gasteiger partial charge on any atom is 0.261 e. The summed E-state index contributed by atoms with van der Waals surface area (Å²) < 4.78 is 0. The van der Waals surface area contributed by atoms with Gasteiger partial charge in [0, 0.05) is 13.1 Å². The summed E-state index contributed by atoms with van der Waals surface area (Å²) in [6.07, 6.45) is 5.38. The molecule has 1 aliphatic rings. The lowest BCUT2D eigenvalue weighted by Gasteiger charge is -2.17. The molecule has 1 amide bonds. The van der Waals surface area contributed by atoms with Crippen molar-refractivity contribution in [2.24, 2.45) is 0 Å². The fourth-order valence-electron chi connectivity index (χ4n) is 1.14. The monoisotopic (exact) mass is 163 g/mol. The molecule has 0 aliphatic heterocycles. The Morgan fingerprint density at radius 2 is 2.17 bits per heavy atom. The van der Waals surface area contributed by atoms with Crippen molar-refractivity contribution < 1.29 is 4.79 Å². The summed E-state index contributed by atoms with van der Waals surface area (Å²) in [4.78, 5) is 13.3. The Morgan fingerprint density at radius 1 is 1.50 bits per heavy atom. The Bertz CT molecular complexity index is 266. The molecule has 64 valence electrons. The third-order valence-electron chi connectivity index (χ3n) is 1.88. The zero-order chi connectivity index (χ0) is 8.97. The van der Waals surface area contributed by atoms with E-state index in [1.807, 2.05) is 19.9 Å². The van der Waals surface area contributed by atoms with E-state index < -0.39 is 0 Å². The Morgan fingerprint density at radius 3 is 2.58 bits per heavy atom. The fraction of sp³-hybridized carbons (Fsp3) is 0.400. The molecular weight excluding hydrogens is 150 g/mol. The van der Waals surface area contributed by atoms with E-state index >= 15 is 0 Å². The zero-order valence-electron chi connectivity index (χ0n) is 7.50. The molecule has 2 nitrogen and oxygen atoms in total. The highest BCUT2D eigenvalue weighted by molar-refractivity contribution is 5.96. The van der Waals surface area contributed by atoms with Crippen LogP contribution >= 0.6 is 0 Å². The van der Waals surface area contributed by atoms with Gasteiger partial charge in [-0.3, -0.25) is 4.79 Å². The van der Waals surface area contributed by atoms with Crippen LogP contribution in [0.2, 0.25) is 0 Å². The highest BCUT2D eigenvalue weighted by Crippen LogP contribution is 2.06. The first-order valence-electron chi connectivity index (χ1n) is 4.22. The second-order valence-electron chi connectivity index (χ2n) is 2.56. The van der Waals surface area contributed by atoms with Crippen molar-refractivity contribution in [2.75, 3.05) is 13.1 Å². The van der Waals surface area contributed by atoms with Crippen LogP contribution in [-0.2, 0) is 4.79 Å². The number of likely N-dealkylation sites (N-methyl/N-ethyl adjacent to an activating group) is 1. The van der Waals surface area contributed by atoms with Crippen LogP contribution in [0.1, 0.15) is 13.8 Å². The molecule has 0 bridgehead atoms. The van der Waals surface area contributed by atoms with Gasteiger partial charge in [0.25, 0.3) is 5.91 Å². The molecule has 0 saturated carbocycles. The third-order valence-corrected chi connectivity index (χ3v) is 1.88. The minimum absolute atomic E-state index is 0.0741. The molecular formula is C10H13NO. The van der Waals surface area contributed by atoms with Crippen molar-refractivity contribution in [3.63, 3.8) is 0 Å². The molecule has 0 radical (unpaired) electrons. The minimum atomic E-state index is 0.0741. The number of carbonyl (C=O) groups is 1. The van der Waals surface area contributed by atoms with E-state index in [2.05, 4.69) is 5.73 Å². The molecule has 12 heavy (non-hydrogen) atoms. The van der Waals surface area contributed by atoms with Crippen LogP contribution in [0, 0.1) is 0 Å². The zero-order valence-corrected chi connectivity index (χ0v) is 7.50. The van der Waals surface area contributed by atoms with E-state index in [0.717, 1.165) is 13.1 Å². The second-order valence-corrected chi connectivity index (χ2v) is 2.56. The van der Waals surface area contributed by atoms with Gasteiger partial charge in [-0.05, 0) is 26.0 Å². The number of hydrogen-bond acceptors (Lipinski definition) is 1. The van der Waals surface area contributed by atoms with E-state index in [4.69, 9.17) is 0 Å². The lowest BCUT2D eigenvalue weighted by atomic mass is 10.2. The normalized spacial score (nSPS) is 13.3. The molecule has 0 spiro atoms. The van der Waals surface area contributed by atoms with Crippen LogP contribution in [-0.4, -0.2) is 23.9 Å². The predicted octanol–water partition coefficient (Wildman–Crippen LogP) is 1.51. The van der Waals surface area contributed by atoms with Gasteiger partial charge in [-0.25, -0.2) is 0 Å². The van der Waals surface area contributed by atoms with Crippen LogP contribution in [0.3, 0.4) is 0 Å². The number of rotatable bonds is 3. The number of hydrogen-bond donors (Lipinski definition) is 0. The summed E-state index contributed by atoms with van der Waals surface area (Å²) >= 11 is 0. The van der Waals surface area contributed by atoms with Gasteiger partial charge in [0.1, 0.15) is 0 Å². The van der Waals surface area contributed by atoms with Crippen molar-refractivity contribution in [2.45, 2.75) is 13.8 Å². The summed E-state index contributed by atoms with van der Waals surface area (Å²) in [6.45, 7) is 5.47. The van der Waals surface area contributed by atoms with E-state index in [0.29, 0.717) is 5.57 Å². The van der Waals surface area contributed by atoms with Crippen LogP contribution < -0.4 is 0 Å². The SMILES string of the molecule is CCN(CC)C(=O)C1=C=CC=C1. The quantitative estimate of drug-likeness (QED) is 0.577. The first-order chi connectivity index (χ1) is 5.79. The molecule has 0 N–H and O–H groups in total. The summed E-state index contributed by atoms with van der Waals surface area (Å²) in [7, 11) is 0. The Balaban J connectivity index is 2.70. The van der Waals surface area contributed by atoms with Gasteiger partial charge in [0.15, 0.2) is 0 Å². The van der Waals surface area contributed by atoms with Gasteiger partial charge in [-0.1, -0.05) is 6.08 Å². The van der Waals surface area contributed by atoms with Gasteiger partial charge in [-0.15, -0.1) is 5.73 Å². The molecule has 1 aliphatic carbocycles. The third kappa shape index (κ3) is 1.66. The molecule has 0 atom stereocenters. The Labute approximate surface area is 72.9 Å². The maximum atomic E-state index is 11.6. The van der Waals surface area contributed by atoms with E-state index in [1.54, 1.807) is 17.1 Å². The first-order valence-corrected chi connectivity index (χ1v) is 4.22.